The summed E-state index contributed by atoms with van der Waals surface area (Å²) in [5, 5.41) is 6.87. The summed E-state index contributed by atoms with van der Waals surface area (Å²) in [6.45, 7) is 8.14. The molecular weight excluding hydrogens is 206 g/mol. The third-order valence-corrected chi connectivity index (χ3v) is 2.61. The highest BCUT2D eigenvalue weighted by atomic mass is 16.6. The molecule has 0 aliphatic carbocycles. The van der Waals surface area contributed by atoms with Crippen LogP contribution >= 0.6 is 0 Å². The molecule has 0 saturated heterocycles. The molecule has 0 bridgehead atoms. The van der Waals surface area contributed by atoms with Crippen molar-refractivity contribution in [3.05, 3.63) is 17.5 Å². The van der Waals surface area contributed by atoms with Crippen LogP contribution in [0, 0.1) is 0 Å². The first-order chi connectivity index (χ1) is 7.38. The van der Waals surface area contributed by atoms with Crippen LogP contribution in [0.25, 0.3) is 0 Å². The predicted molar refractivity (Wildman–Crippen MR) is 58.8 cm³/mol. The molecule has 2 heterocycles. The van der Waals surface area contributed by atoms with Crippen molar-refractivity contribution in [1.29, 1.82) is 0 Å². The lowest BCUT2D eigenvalue weighted by molar-refractivity contribution is 0.0184. The molecule has 88 valence electrons. The fourth-order valence-corrected chi connectivity index (χ4v) is 1.83. The highest BCUT2D eigenvalue weighted by Gasteiger charge is 2.34. The van der Waals surface area contributed by atoms with Crippen LogP contribution in [0.4, 0.5) is 4.79 Å². The van der Waals surface area contributed by atoms with E-state index in [-0.39, 0.29) is 12.1 Å². The molecule has 1 atom stereocenters. The smallest absolute Gasteiger partial charge is 0.411 e. The van der Waals surface area contributed by atoms with Crippen LogP contribution in [0.1, 0.15) is 45.0 Å². The van der Waals surface area contributed by atoms with Crippen molar-refractivity contribution >= 4 is 6.09 Å². The second-order valence-electron chi connectivity index (χ2n) is 5.09. The summed E-state index contributed by atoms with van der Waals surface area (Å²) < 4.78 is 5.35. The first-order valence-corrected chi connectivity index (χ1v) is 5.40. The van der Waals surface area contributed by atoms with E-state index in [0.29, 0.717) is 6.54 Å². The number of hydrogen-bond acceptors (Lipinski definition) is 3. The standard InChI is InChI=1S/C11H17N3O2/c1-7-9-8(5-12-13-9)6-14(7)10(15)16-11(2,3)4/h5,7H,6H2,1-4H3,(H,12,13). The lowest BCUT2D eigenvalue weighted by Crippen LogP contribution is -2.35. The Morgan fingerprint density at radius 1 is 1.62 bits per heavy atom. The number of amides is 1. The van der Waals surface area contributed by atoms with Gasteiger partial charge in [0.1, 0.15) is 5.60 Å². The number of nitrogens with zero attached hydrogens (tertiary/aromatic N) is 2. The van der Waals surface area contributed by atoms with E-state index in [0.717, 1.165) is 11.3 Å². The monoisotopic (exact) mass is 223 g/mol. The third-order valence-electron chi connectivity index (χ3n) is 2.61. The molecule has 1 N–H and O–H groups in total. The Bertz CT molecular complexity index is 406. The molecular formula is C11H17N3O2. The molecule has 0 spiro atoms. The van der Waals surface area contributed by atoms with Gasteiger partial charge >= 0.3 is 6.09 Å². The highest BCUT2D eigenvalue weighted by Crippen LogP contribution is 2.32. The average molecular weight is 223 g/mol. The van der Waals surface area contributed by atoms with Crippen molar-refractivity contribution in [3.8, 4) is 0 Å². The van der Waals surface area contributed by atoms with Crippen molar-refractivity contribution in [2.24, 2.45) is 0 Å². The van der Waals surface area contributed by atoms with Gasteiger partial charge in [0.2, 0.25) is 0 Å². The molecule has 1 unspecified atom stereocenters. The van der Waals surface area contributed by atoms with E-state index in [2.05, 4.69) is 10.2 Å². The summed E-state index contributed by atoms with van der Waals surface area (Å²) in [6.07, 6.45) is 1.49. The Morgan fingerprint density at radius 3 is 2.88 bits per heavy atom. The van der Waals surface area contributed by atoms with Gasteiger partial charge in [-0.3, -0.25) is 10.00 Å². The van der Waals surface area contributed by atoms with Gasteiger partial charge in [0.25, 0.3) is 0 Å². The van der Waals surface area contributed by atoms with E-state index >= 15 is 0 Å². The third kappa shape index (κ3) is 1.89. The summed E-state index contributed by atoms with van der Waals surface area (Å²) in [7, 11) is 0. The van der Waals surface area contributed by atoms with E-state index in [4.69, 9.17) is 4.74 Å². The Kier molecular flexibility index (Phi) is 2.40. The number of carbonyl (C=O) groups is 1. The first-order valence-electron chi connectivity index (χ1n) is 5.40. The Labute approximate surface area is 94.8 Å². The fourth-order valence-electron chi connectivity index (χ4n) is 1.83. The number of aromatic nitrogens is 2. The normalized spacial score (nSPS) is 19.8. The number of carbonyl (C=O) groups excluding carboxylic acids is 1. The van der Waals surface area contributed by atoms with E-state index in [1.807, 2.05) is 27.7 Å². The Balaban J connectivity index is 2.09. The number of aromatic amines is 1. The molecule has 1 aliphatic rings. The topological polar surface area (TPSA) is 58.2 Å². The molecule has 1 aromatic rings. The van der Waals surface area contributed by atoms with Crippen molar-refractivity contribution in [2.75, 3.05) is 0 Å². The molecule has 1 amide bonds. The fraction of sp³-hybridized carbons (Fsp3) is 0.636. The van der Waals surface area contributed by atoms with Crippen LogP contribution in [-0.2, 0) is 11.3 Å². The van der Waals surface area contributed by atoms with Crippen LogP contribution in [0.3, 0.4) is 0 Å². The highest BCUT2D eigenvalue weighted by molar-refractivity contribution is 5.69. The van der Waals surface area contributed by atoms with Gasteiger partial charge in [-0.15, -0.1) is 0 Å². The summed E-state index contributed by atoms with van der Waals surface area (Å²) in [6, 6.07) is 0.00681. The Morgan fingerprint density at radius 2 is 2.31 bits per heavy atom. The van der Waals surface area contributed by atoms with Crippen molar-refractivity contribution < 1.29 is 9.53 Å². The SMILES string of the molecule is CC1c2[nH]ncc2CN1C(=O)OC(C)(C)C. The zero-order chi connectivity index (χ0) is 11.9. The van der Waals surface area contributed by atoms with Crippen molar-refractivity contribution in [3.63, 3.8) is 0 Å². The van der Waals surface area contributed by atoms with Crippen molar-refractivity contribution in [1.82, 2.24) is 15.1 Å². The summed E-state index contributed by atoms with van der Waals surface area (Å²) >= 11 is 0. The lowest BCUT2D eigenvalue weighted by Gasteiger charge is -2.27. The molecule has 1 aliphatic heterocycles. The maximum absolute atomic E-state index is 11.9. The number of rotatable bonds is 0. The molecule has 5 heteroatoms. The van der Waals surface area contributed by atoms with Gasteiger partial charge in [-0.1, -0.05) is 0 Å². The second kappa shape index (κ2) is 3.50. The van der Waals surface area contributed by atoms with Gasteiger partial charge in [-0.05, 0) is 27.7 Å². The minimum atomic E-state index is -0.453. The number of nitrogens with one attached hydrogen (secondary N) is 1. The minimum Gasteiger partial charge on any atom is -0.444 e. The average Bonchev–Trinajstić information content (AvgIpc) is 2.66. The van der Waals surface area contributed by atoms with Crippen molar-refractivity contribution in [2.45, 2.75) is 45.9 Å². The Hall–Kier alpha value is -1.52. The van der Waals surface area contributed by atoms with E-state index in [1.165, 1.54) is 0 Å². The zero-order valence-electron chi connectivity index (χ0n) is 10.1. The molecule has 0 aromatic carbocycles. The minimum absolute atomic E-state index is 0.00681. The molecule has 0 saturated carbocycles. The maximum atomic E-state index is 11.9. The zero-order valence-corrected chi connectivity index (χ0v) is 10.1. The van der Waals surface area contributed by atoms with Crippen LogP contribution in [-0.4, -0.2) is 26.8 Å². The number of hydrogen-bond donors (Lipinski definition) is 1. The van der Waals surface area contributed by atoms with Crippen LogP contribution in [0.5, 0.6) is 0 Å². The quantitative estimate of drug-likeness (QED) is 0.733. The molecule has 5 nitrogen and oxygen atoms in total. The van der Waals surface area contributed by atoms with Crippen LogP contribution < -0.4 is 0 Å². The maximum Gasteiger partial charge on any atom is 0.411 e. The van der Waals surface area contributed by atoms with Crippen LogP contribution in [0.15, 0.2) is 6.20 Å². The molecule has 0 fully saturated rings. The summed E-state index contributed by atoms with van der Waals surface area (Å²) in [4.78, 5) is 13.6. The lowest BCUT2D eigenvalue weighted by atomic mass is 10.2. The van der Waals surface area contributed by atoms with E-state index in [1.54, 1.807) is 11.1 Å². The van der Waals surface area contributed by atoms with E-state index in [9.17, 15) is 4.79 Å². The molecule has 16 heavy (non-hydrogen) atoms. The predicted octanol–water partition coefficient (Wildman–Crippen LogP) is 2.22. The molecule has 2 rings (SSSR count). The number of ether oxygens (including phenoxy) is 1. The largest absolute Gasteiger partial charge is 0.444 e. The molecule has 0 radical (unpaired) electrons. The van der Waals surface area contributed by atoms with Gasteiger partial charge in [0.15, 0.2) is 0 Å². The number of H-pyrrole nitrogens is 1. The van der Waals surface area contributed by atoms with Gasteiger partial charge in [-0.2, -0.15) is 5.10 Å². The summed E-state index contributed by atoms with van der Waals surface area (Å²) in [5.74, 6) is 0. The van der Waals surface area contributed by atoms with Gasteiger partial charge in [0, 0.05) is 5.56 Å². The van der Waals surface area contributed by atoms with Gasteiger partial charge < -0.3 is 4.74 Å². The number of fused-ring (bicyclic) bond motifs is 1. The van der Waals surface area contributed by atoms with Gasteiger partial charge in [-0.25, -0.2) is 4.79 Å². The van der Waals surface area contributed by atoms with Crippen LogP contribution in [0.2, 0.25) is 0 Å². The van der Waals surface area contributed by atoms with Gasteiger partial charge in [0.05, 0.1) is 24.5 Å². The second-order valence-corrected chi connectivity index (χ2v) is 5.09. The molecule has 1 aromatic heterocycles. The summed E-state index contributed by atoms with van der Waals surface area (Å²) in [5.41, 5.74) is 1.62. The van der Waals surface area contributed by atoms with E-state index < -0.39 is 5.60 Å². The first kappa shape index (κ1) is 11.0.